The number of rotatable bonds is 4. The maximum absolute atomic E-state index is 12.3. The summed E-state index contributed by atoms with van der Waals surface area (Å²) in [5.41, 5.74) is 1.99. The first-order valence-electron chi connectivity index (χ1n) is 7.42. The largest absolute Gasteiger partial charge is 0.508 e. The molecule has 4 nitrogen and oxygen atoms in total. The van der Waals surface area contributed by atoms with E-state index in [2.05, 4.69) is 9.97 Å². The number of aromatic hydroxyl groups is 1. The van der Waals surface area contributed by atoms with E-state index in [9.17, 15) is 9.90 Å². The third-order valence-electron chi connectivity index (χ3n) is 4.00. The maximum Gasteiger partial charge on any atom is 0.173 e. The molecule has 1 aliphatic rings. The Hall–Kier alpha value is -1.92. The van der Waals surface area contributed by atoms with Gasteiger partial charge in [0.25, 0.3) is 0 Å². The molecule has 1 aliphatic carbocycles. The molecule has 1 N–H and O–H groups in total. The molecule has 0 aliphatic heterocycles. The van der Waals surface area contributed by atoms with Crippen LogP contribution in [-0.2, 0) is 12.8 Å². The monoisotopic (exact) mass is 342 g/mol. The second-order valence-corrected chi connectivity index (χ2v) is 7.52. The molecule has 0 atom stereocenters. The first-order chi connectivity index (χ1) is 11.2. The Bertz CT molecular complexity index is 887. The maximum atomic E-state index is 12.3. The van der Waals surface area contributed by atoms with E-state index in [1.54, 1.807) is 29.8 Å². The normalized spacial score (nSPS) is 13.4. The van der Waals surface area contributed by atoms with E-state index in [-0.39, 0.29) is 11.5 Å². The van der Waals surface area contributed by atoms with Gasteiger partial charge in [-0.1, -0.05) is 11.8 Å². The molecule has 0 saturated heterocycles. The summed E-state index contributed by atoms with van der Waals surface area (Å²) < 4.78 is 0. The molecule has 0 fully saturated rings. The van der Waals surface area contributed by atoms with Crippen LogP contribution in [0.1, 0.15) is 27.2 Å². The highest BCUT2D eigenvalue weighted by Crippen LogP contribution is 2.40. The third kappa shape index (κ3) is 2.72. The summed E-state index contributed by atoms with van der Waals surface area (Å²) in [6, 6.07) is 6.37. The van der Waals surface area contributed by atoms with Gasteiger partial charge in [0.15, 0.2) is 5.78 Å². The van der Waals surface area contributed by atoms with Crippen LogP contribution in [0.25, 0.3) is 10.2 Å². The van der Waals surface area contributed by atoms with Crippen LogP contribution < -0.4 is 0 Å². The van der Waals surface area contributed by atoms with Gasteiger partial charge in [-0.05, 0) is 49.1 Å². The fraction of sp³-hybridized carbons (Fsp3) is 0.235. The third-order valence-corrected chi connectivity index (χ3v) is 6.19. The van der Waals surface area contributed by atoms with Gasteiger partial charge in [-0.2, -0.15) is 0 Å². The lowest BCUT2D eigenvalue weighted by molar-refractivity contribution is 0.102. The molecule has 2 aromatic heterocycles. The molecule has 0 amide bonds. The number of fused-ring (bicyclic) bond motifs is 3. The van der Waals surface area contributed by atoms with Gasteiger partial charge >= 0.3 is 0 Å². The summed E-state index contributed by atoms with van der Waals surface area (Å²) in [5.74, 6) is 0.538. The number of benzene rings is 1. The van der Waals surface area contributed by atoms with Crippen molar-refractivity contribution in [2.45, 2.75) is 24.3 Å². The van der Waals surface area contributed by atoms with Gasteiger partial charge in [0, 0.05) is 15.8 Å². The SMILES string of the molecule is O=C(CSc1ncnc2sc3c(c12)CCC3)c1ccc(O)cc1. The second-order valence-electron chi connectivity index (χ2n) is 5.48. The zero-order valence-electron chi connectivity index (χ0n) is 12.3. The molecule has 0 radical (unpaired) electrons. The number of aromatic nitrogens is 2. The van der Waals surface area contributed by atoms with Crippen LogP contribution in [0.3, 0.4) is 0 Å². The Morgan fingerprint density at radius 1 is 1.22 bits per heavy atom. The summed E-state index contributed by atoms with van der Waals surface area (Å²) in [7, 11) is 0. The molecule has 2 heterocycles. The number of aryl methyl sites for hydroxylation is 2. The Balaban J connectivity index is 1.58. The number of phenolic OH excluding ortho intramolecular Hbond substituents is 1. The number of thiophene rings is 1. The van der Waals surface area contributed by atoms with Crippen LogP contribution in [0.15, 0.2) is 35.6 Å². The lowest BCUT2D eigenvalue weighted by Crippen LogP contribution is -2.02. The van der Waals surface area contributed by atoms with Gasteiger partial charge in [-0.15, -0.1) is 11.3 Å². The molecule has 4 rings (SSSR count). The van der Waals surface area contributed by atoms with Crippen molar-refractivity contribution in [3.05, 3.63) is 46.6 Å². The van der Waals surface area contributed by atoms with E-state index >= 15 is 0 Å². The molecule has 0 unspecified atom stereocenters. The van der Waals surface area contributed by atoms with Crippen molar-refractivity contribution in [2.75, 3.05) is 5.75 Å². The van der Waals surface area contributed by atoms with E-state index < -0.39 is 0 Å². The minimum absolute atomic E-state index is 0.0358. The predicted molar refractivity (Wildman–Crippen MR) is 92.6 cm³/mol. The Kier molecular flexibility index (Phi) is 3.79. The van der Waals surface area contributed by atoms with Gasteiger partial charge in [0.1, 0.15) is 21.9 Å². The molecule has 23 heavy (non-hydrogen) atoms. The summed E-state index contributed by atoms with van der Waals surface area (Å²) in [6.45, 7) is 0. The van der Waals surface area contributed by atoms with Crippen LogP contribution in [-0.4, -0.2) is 26.6 Å². The number of nitrogens with zero attached hydrogens (tertiary/aromatic N) is 2. The zero-order valence-corrected chi connectivity index (χ0v) is 13.9. The summed E-state index contributed by atoms with van der Waals surface area (Å²) in [5, 5.41) is 11.3. The molecule has 0 spiro atoms. The number of hydrogen-bond donors (Lipinski definition) is 1. The second kappa shape index (κ2) is 5.94. The van der Waals surface area contributed by atoms with Crippen LogP contribution in [0.2, 0.25) is 0 Å². The number of thioether (sulfide) groups is 1. The van der Waals surface area contributed by atoms with E-state index in [0.717, 1.165) is 28.1 Å². The molecule has 0 bridgehead atoms. The Morgan fingerprint density at radius 2 is 2.04 bits per heavy atom. The van der Waals surface area contributed by atoms with E-state index in [4.69, 9.17) is 0 Å². The number of ketones is 1. The summed E-state index contributed by atoms with van der Waals surface area (Å²) in [6.07, 6.45) is 5.00. The van der Waals surface area contributed by atoms with Gasteiger partial charge < -0.3 is 5.11 Å². The van der Waals surface area contributed by atoms with E-state index in [1.165, 1.54) is 40.8 Å². The van der Waals surface area contributed by atoms with Gasteiger partial charge in [0.05, 0.1) is 5.75 Å². The predicted octanol–water partition coefficient (Wildman–Crippen LogP) is 3.86. The van der Waals surface area contributed by atoms with Crippen molar-refractivity contribution in [3.63, 3.8) is 0 Å². The van der Waals surface area contributed by atoms with Gasteiger partial charge in [-0.3, -0.25) is 4.79 Å². The van der Waals surface area contributed by atoms with Crippen molar-refractivity contribution in [1.82, 2.24) is 9.97 Å². The smallest absolute Gasteiger partial charge is 0.173 e. The van der Waals surface area contributed by atoms with Crippen molar-refractivity contribution in [2.24, 2.45) is 0 Å². The quantitative estimate of drug-likeness (QED) is 0.443. The number of hydrogen-bond acceptors (Lipinski definition) is 6. The molecular weight excluding hydrogens is 328 g/mol. The Labute approximate surface area is 141 Å². The van der Waals surface area contributed by atoms with E-state index in [0.29, 0.717) is 11.3 Å². The average molecular weight is 342 g/mol. The molecule has 3 aromatic rings. The molecule has 6 heteroatoms. The first-order valence-corrected chi connectivity index (χ1v) is 9.23. The lowest BCUT2D eigenvalue weighted by Gasteiger charge is -2.04. The minimum atomic E-state index is 0.0358. The summed E-state index contributed by atoms with van der Waals surface area (Å²) >= 11 is 3.23. The minimum Gasteiger partial charge on any atom is -0.508 e. The highest BCUT2D eigenvalue weighted by atomic mass is 32.2. The lowest BCUT2D eigenvalue weighted by atomic mass is 10.1. The first kappa shape index (κ1) is 14.7. The van der Waals surface area contributed by atoms with Gasteiger partial charge in [-0.25, -0.2) is 9.97 Å². The fourth-order valence-electron chi connectivity index (χ4n) is 2.87. The number of phenols is 1. The van der Waals surface area contributed by atoms with E-state index in [1.807, 2.05) is 0 Å². The standard InChI is InChI=1S/C17H14N2O2S2/c20-11-6-4-10(5-7-11)13(21)8-22-16-15-12-2-1-3-14(12)23-17(15)19-9-18-16/h4-7,9,20H,1-3,8H2. The van der Waals surface area contributed by atoms with Crippen LogP contribution in [0.4, 0.5) is 0 Å². The number of Topliss-reactive ketones (excluding diaryl/α,β-unsaturated/α-hetero) is 1. The summed E-state index contributed by atoms with van der Waals surface area (Å²) in [4.78, 5) is 23.5. The number of carbonyl (C=O) groups is 1. The van der Waals surface area contributed by atoms with Crippen molar-refractivity contribution in [3.8, 4) is 5.75 Å². The van der Waals surface area contributed by atoms with Crippen molar-refractivity contribution >= 4 is 39.1 Å². The number of carbonyl (C=O) groups excluding carboxylic acids is 1. The molecule has 0 saturated carbocycles. The Morgan fingerprint density at radius 3 is 2.87 bits per heavy atom. The van der Waals surface area contributed by atoms with Crippen LogP contribution >= 0.6 is 23.1 Å². The van der Waals surface area contributed by atoms with Crippen LogP contribution in [0.5, 0.6) is 5.75 Å². The fourth-order valence-corrected chi connectivity index (χ4v) is 5.09. The topological polar surface area (TPSA) is 63.1 Å². The molecular formula is C17H14N2O2S2. The zero-order chi connectivity index (χ0) is 15.8. The highest BCUT2D eigenvalue weighted by molar-refractivity contribution is 8.00. The van der Waals surface area contributed by atoms with Crippen molar-refractivity contribution in [1.29, 1.82) is 0 Å². The van der Waals surface area contributed by atoms with Crippen molar-refractivity contribution < 1.29 is 9.90 Å². The highest BCUT2D eigenvalue weighted by Gasteiger charge is 2.21. The molecule has 1 aromatic carbocycles. The van der Waals surface area contributed by atoms with Crippen LogP contribution in [0, 0.1) is 0 Å². The average Bonchev–Trinajstić information content (AvgIpc) is 3.14. The molecule has 116 valence electrons. The van der Waals surface area contributed by atoms with Gasteiger partial charge in [0.2, 0.25) is 0 Å².